The SMILES string of the molecule is CCOC(=O)c1cnc(NC2C=CS(=O)(=O)C2)nc1C. The number of anilines is 1. The third-order valence-corrected chi connectivity index (χ3v) is 4.11. The molecule has 0 radical (unpaired) electrons. The van der Waals surface area contributed by atoms with Gasteiger partial charge < -0.3 is 10.1 Å². The molecule has 8 heteroatoms. The van der Waals surface area contributed by atoms with Gasteiger partial charge in [-0.05, 0) is 19.9 Å². The minimum atomic E-state index is -3.13. The molecule has 108 valence electrons. The summed E-state index contributed by atoms with van der Waals surface area (Å²) in [6, 6.07) is -0.354. The lowest BCUT2D eigenvalue weighted by molar-refractivity contribution is 0.0524. The van der Waals surface area contributed by atoms with Crippen molar-refractivity contribution in [1.29, 1.82) is 0 Å². The molecule has 0 aromatic carbocycles. The molecular formula is C12H15N3O4S. The quantitative estimate of drug-likeness (QED) is 0.816. The van der Waals surface area contributed by atoms with Crippen molar-refractivity contribution in [1.82, 2.24) is 9.97 Å². The molecule has 7 nitrogen and oxygen atoms in total. The van der Waals surface area contributed by atoms with Crippen LogP contribution in [-0.2, 0) is 14.6 Å². The first kappa shape index (κ1) is 14.4. The van der Waals surface area contributed by atoms with E-state index in [1.54, 1.807) is 19.9 Å². The number of nitrogens with zero attached hydrogens (tertiary/aromatic N) is 2. The van der Waals surface area contributed by atoms with Crippen LogP contribution in [0, 0.1) is 6.92 Å². The first-order valence-corrected chi connectivity index (χ1v) is 7.81. The van der Waals surface area contributed by atoms with Gasteiger partial charge in [0.15, 0.2) is 9.84 Å². The molecule has 1 aromatic rings. The highest BCUT2D eigenvalue weighted by atomic mass is 32.2. The first-order chi connectivity index (χ1) is 9.41. The maximum absolute atomic E-state index is 11.6. The van der Waals surface area contributed by atoms with Crippen molar-refractivity contribution in [2.24, 2.45) is 0 Å². The van der Waals surface area contributed by atoms with Crippen molar-refractivity contribution >= 4 is 21.8 Å². The zero-order valence-corrected chi connectivity index (χ0v) is 12.0. The molecule has 0 saturated carbocycles. The lowest BCUT2D eigenvalue weighted by Crippen LogP contribution is -2.22. The molecule has 1 aliphatic heterocycles. The van der Waals surface area contributed by atoms with Crippen LogP contribution in [0.25, 0.3) is 0 Å². The van der Waals surface area contributed by atoms with Gasteiger partial charge in [-0.25, -0.2) is 23.2 Å². The van der Waals surface area contributed by atoms with E-state index in [1.807, 2.05) is 0 Å². The van der Waals surface area contributed by atoms with Crippen molar-refractivity contribution in [3.63, 3.8) is 0 Å². The summed E-state index contributed by atoms with van der Waals surface area (Å²) in [6.45, 7) is 3.67. The van der Waals surface area contributed by atoms with Gasteiger partial charge in [0.05, 0.1) is 29.7 Å². The highest BCUT2D eigenvalue weighted by Gasteiger charge is 2.22. The van der Waals surface area contributed by atoms with Crippen LogP contribution in [0.15, 0.2) is 17.7 Å². The van der Waals surface area contributed by atoms with Gasteiger partial charge in [0.25, 0.3) is 0 Å². The maximum atomic E-state index is 11.6. The Balaban J connectivity index is 2.10. The standard InChI is InChI=1S/C12H15N3O4S/c1-3-19-11(16)10-6-13-12(14-8(10)2)15-9-4-5-20(17,18)7-9/h4-6,9H,3,7H2,1-2H3,(H,13,14,15). The summed E-state index contributed by atoms with van der Waals surface area (Å²) < 4.78 is 27.4. The number of nitrogens with one attached hydrogen (secondary N) is 1. The number of esters is 1. The second-order valence-corrected chi connectivity index (χ2v) is 6.25. The Morgan fingerprint density at radius 2 is 2.30 bits per heavy atom. The van der Waals surface area contributed by atoms with E-state index in [1.165, 1.54) is 11.6 Å². The minimum absolute atomic E-state index is 0.0188. The fourth-order valence-corrected chi connectivity index (χ4v) is 3.01. The number of rotatable bonds is 4. The van der Waals surface area contributed by atoms with E-state index in [0.717, 1.165) is 0 Å². The average molecular weight is 297 g/mol. The van der Waals surface area contributed by atoms with Gasteiger partial charge in [0.1, 0.15) is 0 Å². The summed E-state index contributed by atoms with van der Waals surface area (Å²) >= 11 is 0. The van der Waals surface area contributed by atoms with Crippen molar-refractivity contribution in [3.05, 3.63) is 28.9 Å². The largest absolute Gasteiger partial charge is 0.462 e. The van der Waals surface area contributed by atoms with Crippen LogP contribution in [-0.4, -0.2) is 42.8 Å². The summed E-state index contributed by atoms with van der Waals surface area (Å²) in [5, 5.41) is 4.07. The number of hydrogen-bond acceptors (Lipinski definition) is 7. The zero-order valence-electron chi connectivity index (χ0n) is 11.2. The molecule has 0 fully saturated rings. The Morgan fingerprint density at radius 1 is 1.55 bits per heavy atom. The lowest BCUT2D eigenvalue weighted by Gasteiger charge is -2.11. The van der Waals surface area contributed by atoms with Gasteiger partial charge in [0.2, 0.25) is 5.95 Å². The molecular weight excluding hydrogens is 282 g/mol. The minimum Gasteiger partial charge on any atom is -0.462 e. The Labute approximate surface area is 117 Å². The van der Waals surface area contributed by atoms with Crippen molar-refractivity contribution in [2.45, 2.75) is 19.9 Å². The summed E-state index contributed by atoms with van der Waals surface area (Å²) in [5.41, 5.74) is 0.776. The molecule has 0 bridgehead atoms. The predicted molar refractivity (Wildman–Crippen MR) is 73.1 cm³/mol. The third kappa shape index (κ3) is 3.32. The normalized spacial score (nSPS) is 19.8. The van der Waals surface area contributed by atoms with Crippen LogP contribution in [0.5, 0.6) is 0 Å². The van der Waals surface area contributed by atoms with Gasteiger partial charge in [0, 0.05) is 11.6 Å². The fraction of sp³-hybridized carbons (Fsp3) is 0.417. The summed E-state index contributed by atoms with van der Waals surface area (Å²) in [5.74, 6) is -0.211. The van der Waals surface area contributed by atoms with Crippen LogP contribution in [0.3, 0.4) is 0 Å². The van der Waals surface area contributed by atoms with E-state index < -0.39 is 15.8 Å². The third-order valence-electron chi connectivity index (χ3n) is 2.72. The van der Waals surface area contributed by atoms with E-state index in [0.29, 0.717) is 11.3 Å². The smallest absolute Gasteiger partial charge is 0.341 e. The van der Waals surface area contributed by atoms with Crippen molar-refractivity contribution in [2.75, 3.05) is 17.7 Å². The Hall–Kier alpha value is -1.96. The van der Waals surface area contributed by atoms with Crippen molar-refractivity contribution < 1.29 is 17.9 Å². The zero-order chi connectivity index (χ0) is 14.8. The molecule has 0 saturated heterocycles. The monoisotopic (exact) mass is 297 g/mol. The van der Waals surface area contributed by atoms with Crippen LogP contribution in [0.4, 0.5) is 5.95 Å². The predicted octanol–water partition coefficient (Wildman–Crippen LogP) is 0.684. The molecule has 1 unspecified atom stereocenters. The fourth-order valence-electron chi connectivity index (χ4n) is 1.78. The Kier molecular flexibility index (Phi) is 4.03. The molecule has 0 amide bonds. The molecule has 1 aliphatic rings. The highest BCUT2D eigenvalue weighted by molar-refractivity contribution is 7.94. The van der Waals surface area contributed by atoms with E-state index in [4.69, 9.17) is 4.74 Å². The molecule has 1 N–H and O–H groups in total. The Morgan fingerprint density at radius 3 is 2.85 bits per heavy atom. The van der Waals surface area contributed by atoms with E-state index in [2.05, 4.69) is 15.3 Å². The molecule has 0 spiro atoms. The van der Waals surface area contributed by atoms with E-state index >= 15 is 0 Å². The summed E-state index contributed by atoms with van der Waals surface area (Å²) in [4.78, 5) is 19.7. The lowest BCUT2D eigenvalue weighted by atomic mass is 10.2. The van der Waals surface area contributed by atoms with Crippen LogP contribution < -0.4 is 5.32 Å². The van der Waals surface area contributed by atoms with Gasteiger partial charge >= 0.3 is 5.97 Å². The second-order valence-electron chi connectivity index (χ2n) is 4.32. The summed E-state index contributed by atoms with van der Waals surface area (Å²) in [7, 11) is -3.13. The molecule has 2 rings (SSSR count). The van der Waals surface area contributed by atoms with Crippen LogP contribution in [0.2, 0.25) is 0 Å². The number of aromatic nitrogens is 2. The average Bonchev–Trinajstić information content (AvgIpc) is 2.69. The number of sulfone groups is 1. The number of aryl methyl sites for hydroxylation is 1. The molecule has 1 aromatic heterocycles. The number of carbonyl (C=O) groups is 1. The highest BCUT2D eigenvalue weighted by Crippen LogP contribution is 2.14. The molecule has 1 atom stereocenters. The van der Waals surface area contributed by atoms with Gasteiger partial charge in [-0.3, -0.25) is 0 Å². The topological polar surface area (TPSA) is 98.2 Å². The molecule has 0 aliphatic carbocycles. The van der Waals surface area contributed by atoms with Gasteiger partial charge in [-0.15, -0.1) is 0 Å². The van der Waals surface area contributed by atoms with Gasteiger partial charge in [-0.1, -0.05) is 0 Å². The van der Waals surface area contributed by atoms with Crippen LogP contribution >= 0.6 is 0 Å². The summed E-state index contributed by atoms with van der Waals surface area (Å²) in [6.07, 6.45) is 2.92. The number of carbonyl (C=O) groups excluding carboxylic acids is 1. The number of ether oxygens (including phenoxy) is 1. The van der Waals surface area contributed by atoms with E-state index in [-0.39, 0.29) is 24.3 Å². The van der Waals surface area contributed by atoms with Crippen LogP contribution in [0.1, 0.15) is 23.0 Å². The Bertz CT molecular complexity index is 655. The number of hydrogen-bond donors (Lipinski definition) is 1. The molecule has 20 heavy (non-hydrogen) atoms. The first-order valence-electron chi connectivity index (χ1n) is 6.09. The molecule has 2 heterocycles. The van der Waals surface area contributed by atoms with E-state index in [9.17, 15) is 13.2 Å². The van der Waals surface area contributed by atoms with Gasteiger partial charge in [-0.2, -0.15) is 0 Å². The van der Waals surface area contributed by atoms with Crippen molar-refractivity contribution in [3.8, 4) is 0 Å². The second kappa shape index (κ2) is 5.58. The maximum Gasteiger partial charge on any atom is 0.341 e.